The number of rotatable bonds is 4. The number of halogens is 1. The largest absolute Gasteiger partial charge is 0.344 e. The average molecular weight is 307 g/mol. The fourth-order valence-corrected chi connectivity index (χ4v) is 1.96. The third-order valence-corrected chi connectivity index (χ3v) is 2.84. The van der Waals surface area contributed by atoms with Gasteiger partial charge < -0.3 is 9.88 Å². The molecule has 1 aromatic heterocycles. The van der Waals surface area contributed by atoms with E-state index in [1.54, 1.807) is 23.0 Å². The quantitative estimate of drug-likeness (QED) is 0.883. The molecule has 1 heterocycles. The summed E-state index contributed by atoms with van der Waals surface area (Å²) in [6, 6.07) is 9.04. The number of nitrogens with one attached hydrogen (secondary N) is 1. The summed E-state index contributed by atoms with van der Waals surface area (Å²) in [6.07, 6.45) is 4.08. The fraction of sp³-hybridized carbons (Fsp3) is 0.0769. The van der Waals surface area contributed by atoms with Gasteiger partial charge in [0, 0.05) is 28.1 Å². The van der Waals surface area contributed by atoms with E-state index < -0.39 is 0 Å². The molecule has 1 amide bonds. The van der Waals surface area contributed by atoms with Crippen molar-refractivity contribution in [2.75, 3.05) is 5.32 Å². The third-order valence-electron chi connectivity index (χ3n) is 2.34. The van der Waals surface area contributed by atoms with Gasteiger partial charge in [0.05, 0.1) is 0 Å². The molecular weight excluding hydrogens is 296 g/mol. The lowest BCUT2D eigenvalue weighted by Crippen LogP contribution is -2.17. The Kier molecular flexibility index (Phi) is 3.94. The lowest BCUT2D eigenvalue weighted by Gasteiger charge is -2.06. The number of carbonyl (C=O) groups is 2. The van der Waals surface area contributed by atoms with Gasteiger partial charge in [-0.2, -0.15) is 0 Å². The van der Waals surface area contributed by atoms with Crippen LogP contribution in [-0.2, 0) is 11.3 Å². The summed E-state index contributed by atoms with van der Waals surface area (Å²) in [5.74, 6) is -0.138. The van der Waals surface area contributed by atoms with Gasteiger partial charge in [0.1, 0.15) is 6.54 Å². The highest BCUT2D eigenvalue weighted by molar-refractivity contribution is 9.10. The van der Waals surface area contributed by atoms with Gasteiger partial charge in [-0.1, -0.05) is 22.0 Å². The Balaban J connectivity index is 1.98. The van der Waals surface area contributed by atoms with Crippen LogP contribution in [0.4, 0.5) is 5.69 Å². The van der Waals surface area contributed by atoms with Gasteiger partial charge in [0.15, 0.2) is 6.29 Å². The number of aldehydes is 1. The summed E-state index contributed by atoms with van der Waals surface area (Å²) < 4.78 is 2.57. The zero-order valence-corrected chi connectivity index (χ0v) is 11.1. The monoisotopic (exact) mass is 306 g/mol. The van der Waals surface area contributed by atoms with Crippen molar-refractivity contribution in [2.45, 2.75) is 6.54 Å². The molecular formula is C13H11BrN2O2. The maximum absolute atomic E-state index is 11.8. The standard InChI is InChI=1S/C13H11BrN2O2/c14-11-2-1-3-12(6-11)15-13(18)8-16-5-4-10(7-16)9-17/h1-7,9H,8H2,(H,15,18). The fourth-order valence-electron chi connectivity index (χ4n) is 1.56. The molecule has 0 radical (unpaired) electrons. The molecule has 0 unspecified atom stereocenters. The van der Waals surface area contributed by atoms with E-state index in [1.807, 2.05) is 24.3 Å². The molecule has 0 fully saturated rings. The maximum atomic E-state index is 11.8. The first-order chi connectivity index (χ1) is 8.67. The van der Waals surface area contributed by atoms with Gasteiger partial charge in [-0.15, -0.1) is 0 Å². The minimum atomic E-state index is -0.138. The highest BCUT2D eigenvalue weighted by Gasteiger charge is 2.04. The second kappa shape index (κ2) is 5.64. The second-order valence-electron chi connectivity index (χ2n) is 3.79. The van der Waals surface area contributed by atoms with Crippen molar-refractivity contribution < 1.29 is 9.59 Å². The van der Waals surface area contributed by atoms with Crippen LogP contribution in [0.25, 0.3) is 0 Å². The SMILES string of the molecule is O=Cc1ccn(CC(=O)Nc2cccc(Br)c2)c1. The Hall–Kier alpha value is -1.88. The van der Waals surface area contributed by atoms with Crippen molar-refractivity contribution in [3.63, 3.8) is 0 Å². The molecule has 0 aliphatic heterocycles. The number of amides is 1. The summed E-state index contributed by atoms with van der Waals surface area (Å²) in [5.41, 5.74) is 1.29. The van der Waals surface area contributed by atoms with Crippen LogP contribution in [-0.4, -0.2) is 16.8 Å². The first-order valence-electron chi connectivity index (χ1n) is 5.34. The molecule has 0 saturated heterocycles. The molecule has 4 nitrogen and oxygen atoms in total. The van der Waals surface area contributed by atoms with E-state index in [1.165, 1.54) is 0 Å². The second-order valence-corrected chi connectivity index (χ2v) is 4.71. The Morgan fingerprint density at radius 3 is 2.89 bits per heavy atom. The smallest absolute Gasteiger partial charge is 0.244 e. The van der Waals surface area contributed by atoms with Crippen LogP contribution in [0.3, 0.4) is 0 Å². The van der Waals surface area contributed by atoms with Gasteiger partial charge in [-0.05, 0) is 24.3 Å². The van der Waals surface area contributed by atoms with E-state index in [9.17, 15) is 9.59 Å². The number of carbonyl (C=O) groups excluding carboxylic acids is 2. The van der Waals surface area contributed by atoms with Crippen LogP contribution in [0.15, 0.2) is 47.2 Å². The van der Waals surface area contributed by atoms with Crippen LogP contribution in [0.5, 0.6) is 0 Å². The first kappa shape index (κ1) is 12.6. The van der Waals surface area contributed by atoms with E-state index >= 15 is 0 Å². The molecule has 1 aromatic carbocycles. The van der Waals surface area contributed by atoms with Crippen molar-refractivity contribution in [2.24, 2.45) is 0 Å². The molecule has 0 saturated carbocycles. The summed E-state index contributed by atoms with van der Waals surface area (Å²) in [6.45, 7) is 0.181. The number of aromatic nitrogens is 1. The minimum absolute atomic E-state index is 0.138. The zero-order chi connectivity index (χ0) is 13.0. The first-order valence-corrected chi connectivity index (χ1v) is 6.13. The van der Waals surface area contributed by atoms with Crippen molar-refractivity contribution in [1.82, 2.24) is 4.57 Å². The molecule has 92 valence electrons. The zero-order valence-electron chi connectivity index (χ0n) is 9.47. The Morgan fingerprint density at radius 1 is 1.39 bits per heavy atom. The van der Waals surface area contributed by atoms with Crippen LogP contribution >= 0.6 is 15.9 Å². The summed E-state index contributed by atoms with van der Waals surface area (Å²) in [7, 11) is 0. The molecule has 18 heavy (non-hydrogen) atoms. The summed E-state index contributed by atoms with van der Waals surface area (Å²) >= 11 is 3.34. The predicted octanol–water partition coefficient (Wildman–Crippen LogP) is 2.70. The Morgan fingerprint density at radius 2 is 2.22 bits per heavy atom. The maximum Gasteiger partial charge on any atom is 0.244 e. The third kappa shape index (κ3) is 3.30. The van der Waals surface area contributed by atoms with Crippen LogP contribution in [0, 0.1) is 0 Å². The van der Waals surface area contributed by atoms with Crippen molar-refractivity contribution in [3.8, 4) is 0 Å². The molecule has 0 bridgehead atoms. The number of hydrogen-bond acceptors (Lipinski definition) is 2. The molecule has 0 aliphatic carbocycles. The van der Waals surface area contributed by atoms with Gasteiger partial charge in [-0.3, -0.25) is 9.59 Å². The number of nitrogens with zero attached hydrogens (tertiary/aromatic N) is 1. The Bertz CT molecular complexity index is 578. The highest BCUT2D eigenvalue weighted by Crippen LogP contribution is 2.15. The summed E-state index contributed by atoms with van der Waals surface area (Å²) in [5, 5.41) is 2.78. The molecule has 0 atom stereocenters. The highest BCUT2D eigenvalue weighted by atomic mass is 79.9. The van der Waals surface area contributed by atoms with Crippen molar-refractivity contribution >= 4 is 33.8 Å². The number of benzene rings is 1. The van der Waals surface area contributed by atoms with Crippen molar-refractivity contribution in [1.29, 1.82) is 0 Å². The molecule has 2 rings (SSSR count). The van der Waals surface area contributed by atoms with Crippen LogP contribution < -0.4 is 5.32 Å². The van der Waals surface area contributed by atoms with E-state index in [0.29, 0.717) is 5.56 Å². The van der Waals surface area contributed by atoms with Crippen LogP contribution in [0.2, 0.25) is 0 Å². The normalized spacial score (nSPS) is 10.1. The lowest BCUT2D eigenvalue weighted by molar-refractivity contribution is -0.116. The van der Waals surface area contributed by atoms with Gasteiger partial charge in [0.25, 0.3) is 0 Å². The number of hydrogen-bond donors (Lipinski definition) is 1. The van der Waals surface area contributed by atoms with Crippen LogP contribution in [0.1, 0.15) is 10.4 Å². The topological polar surface area (TPSA) is 51.1 Å². The van der Waals surface area contributed by atoms with Gasteiger partial charge in [-0.25, -0.2) is 0 Å². The lowest BCUT2D eigenvalue weighted by atomic mass is 10.3. The average Bonchev–Trinajstić information content (AvgIpc) is 2.76. The minimum Gasteiger partial charge on any atom is -0.344 e. The van der Waals surface area contributed by atoms with E-state index in [-0.39, 0.29) is 12.5 Å². The van der Waals surface area contributed by atoms with Crippen molar-refractivity contribution in [3.05, 3.63) is 52.8 Å². The van der Waals surface area contributed by atoms with Gasteiger partial charge in [0.2, 0.25) is 5.91 Å². The number of anilines is 1. The molecule has 0 aliphatic rings. The molecule has 1 N–H and O–H groups in total. The van der Waals surface area contributed by atoms with Gasteiger partial charge >= 0.3 is 0 Å². The van der Waals surface area contributed by atoms with E-state index in [0.717, 1.165) is 16.4 Å². The van der Waals surface area contributed by atoms with E-state index in [4.69, 9.17) is 0 Å². The Labute approximate surface area is 113 Å². The predicted molar refractivity (Wildman–Crippen MR) is 72.6 cm³/mol. The summed E-state index contributed by atoms with van der Waals surface area (Å²) in [4.78, 5) is 22.3. The molecule has 0 spiro atoms. The van der Waals surface area contributed by atoms with E-state index in [2.05, 4.69) is 21.2 Å². The molecule has 2 aromatic rings. The molecule has 5 heteroatoms.